The number of likely N-dealkylation sites (tertiary alicyclic amines) is 1. The summed E-state index contributed by atoms with van der Waals surface area (Å²) in [5.74, 6) is 0.505. The van der Waals surface area contributed by atoms with Crippen molar-refractivity contribution in [1.29, 1.82) is 0 Å². The van der Waals surface area contributed by atoms with E-state index in [1.165, 1.54) is 45.3 Å². The quantitative estimate of drug-likeness (QED) is 0.771. The van der Waals surface area contributed by atoms with E-state index in [2.05, 4.69) is 23.8 Å². The van der Waals surface area contributed by atoms with Crippen molar-refractivity contribution < 1.29 is 5.11 Å². The number of aliphatic hydroxyl groups is 1. The van der Waals surface area contributed by atoms with Gasteiger partial charge in [-0.25, -0.2) is 0 Å². The van der Waals surface area contributed by atoms with Gasteiger partial charge in [-0.2, -0.15) is 0 Å². The van der Waals surface area contributed by atoms with Gasteiger partial charge in [-0.15, -0.1) is 0 Å². The molecule has 2 fully saturated rings. The third-order valence-corrected chi connectivity index (χ3v) is 5.76. The zero-order chi connectivity index (χ0) is 14.6. The molecular weight excluding hydrogens is 250 g/mol. The van der Waals surface area contributed by atoms with Crippen LogP contribution < -0.4 is 5.73 Å². The molecule has 2 aliphatic rings. The molecule has 2 unspecified atom stereocenters. The third kappa shape index (κ3) is 3.73. The average Bonchev–Trinajstić information content (AvgIpc) is 2.86. The number of piperidine rings is 1. The average molecular weight is 283 g/mol. The molecule has 2 atom stereocenters. The van der Waals surface area contributed by atoms with Crippen LogP contribution in [0.5, 0.6) is 0 Å². The van der Waals surface area contributed by atoms with Gasteiger partial charge in [0.2, 0.25) is 0 Å². The molecule has 0 aromatic heterocycles. The van der Waals surface area contributed by atoms with Crippen LogP contribution in [0.3, 0.4) is 0 Å². The van der Waals surface area contributed by atoms with E-state index in [0.717, 1.165) is 25.4 Å². The Morgan fingerprint density at radius 3 is 2.60 bits per heavy atom. The standard InChI is InChI=1S/C16H33N3O/c1-3-19-11-7-15(8-12-19)18(2)10-6-14-5-4-9-16(14,17)13-20/h14-15,20H,3-13,17H2,1-2H3. The summed E-state index contributed by atoms with van der Waals surface area (Å²) in [6.45, 7) is 7.19. The number of rotatable bonds is 6. The van der Waals surface area contributed by atoms with E-state index in [4.69, 9.17) is 5.73 Å². The summed E-state index contributed by atoms with van der Waals surface area (Å²) in [4.78, 5) is 5.07. The molecule has 2 rings (SSSR count). The summed E-state index contributed by atoms with van der Waals surface area (Å²) in [6, 6.07) is 0.737. The first-order chi connectivity index (χ1) is 9.59. The van der Waals surface area contributed by atoms with Crippen LogP contribution in [0.4, 0.5) is 0 Å². The lowest BCUT2D eigenvalue weighted by Crippen LogP contribution is -2.48. The molecule has 1 saturated carbocycles. The first kappa shape index (κ1) is 16.2. The number of hydrogen-bond acceptors (Lipinski definition) is 4. The van der Waals surface area contributed by atoms with Gasteiger partial charge in [0, 0.05) is 11.6 Å². The fourth-order valence-electron chi connectivity index (χ4n) is 4.03. The van der Waals surface area contributed by atoms with E-state index in [1.807, 2.05) is 0 Å². The van der Waals surface area contributed by atoms with Crippen molar-refractivity contribution in [1.82, 2.24) is 9.80 Å². The first-order valence-corrected chi connectivity index (χ1v) is 8.41. The third-order valence-electron chi connectivity index (χ3n) is 5.76. The first-order valence-electron chi connectivity index (χ1n) is 8.41. The van der Waals surface area contributed by atoms with Crippen molar-refractivity contribution in [3.63, 3.8) is 0 Å². The molecule has 1 saturated heterocycles. The lowest BCUT2D eigenvalue weighted by Gasteiger charge is -2.37. The number of nitrogens with zero attached hydrogens (tertiary/aromatic N) is 2. The van der Waals surface area contributed by atoms with E-state index in [0.29, 0.717) is 5.92 Å². The van der Waals surface area contributed by atoms with E-state index in [1.54, 1.807) is 0 Å². The van der Waals surface area contributed by atoms with Gasteiger partial charge < -0.3 is 20.6 Å². The van der Waals surface area contributed by atoms with Gasteiger partial charge in [-0.1, -0.05) is 13.3 Å². The molecule has 3 N–H and O–H groups in total. The molecule has 0 aromatic carbocycles. The summed E-state index contributed by atoms with van der Waals surface area (Å²) in [5.41, 5.74) is 6.03. The Balaban J connectivity index is 1.74. The topological polar surface area (TPSA) is 52.7 Å². The molecule has 1 heterocycles. The van der Waals surface area contributed by atoms with Crippen LogP contribution in [0.15, 0.2) is 0 Å². The minimum atomic E-state index is -0.299. The van der Waals surface area contributed by atoms with Crippen molar-refractivity contribution >= 4 is 0 Å². The zero-order valence-electron chi connectivity index (χ0n) is 13.4. The summed E-state index contributed by atoms with van der Waals surface area (Å²) < 4.78 is 0. The Morgan fingerprint density at radius 1 is 1.30 bits per heavy atom. The Bertz CT molecular complexity index is 291. The Hall–Kier alpha value is -0.160. The van der Waals surface area contributed by atoms with Crippen molar-refractivity contribution in [3.05, 3.63) is 0 Å². The maximum absolute atomic E-state index is 9.52. The normalized spacial score (nSPS) is 33.1. The van der Waals surface area contributed by atoms with E-state index in [9.17, 15) is 5.11 Å². The van der Waals surface area contributed by atoms with Gasteiger partial charge in [0.1, 0.15) is 0 Å². The van der Waals surface area contributed by atoms with Gasteiger partial charge in [0.05, 0.1) is 6.61 Å². The van der Waals surface area contributed by atoms with Gasteiger partial charge in [-0.3, -0.25) is 0 Å². The largest absolute Gasteiger partial charge is 0.394 e. The summed E-state index contributed by atoms with van der Waals surface area (Å²) in [5, 5.41) is 9.52. The highest BCUT2D eigenvalue weighted by molar-refractivity contribution is 4.96. The fourth-order valence-corrected chi connectivity index (χ4v) is 4.03. The van der Waals surface area contributed by atoms with E-state index >= 15 is 0 Å². The summed E-state index contributed by atoms with van der Waals surface area (Å²) in [6.07, 6.45) is 7.10. The zero-order valence-corrected chi connectivity index (χ0v) is 13.4. The van der Waals surface area contributed by atoms with Crippen LogP contribution in [-0.2, 0) is 0 Å². The van der Waals surface area contributed by atoms with Crippen LogP contribution in [0, 0.1) is 5.92 Å². The molecule has 0 aromatic rings. The fraction of sp³-hybridized carbons (Fsp3) is 1.00. The number of hydrogen-bond donors (Lipinski definition) is 2. The van der Waals surface area contributed by atoms with Crippen LogP contribution in [-0.4, -0.2) is 66.3 Å². The van der Waals surface area contributed by atoms with Crippen molar-refractivity contribution in [2.24, 2.45) is 11.7 Å². The molecule has 1 aliphatic carbocycles. The van der Waals surface area contributed by atoms with E-state index < -0.39 is 0 Å². The summed E-state index contributed by atoms with van der Waals surface area (Å²) >= 11 is 0. The second-order valence-corrected chi connectivity index (χ2v) is 6.92. The smallest absolute Gasteiger partial charge is 0.0613 e. The molecule has 0 radical (unpaired) electrons. The molecule has 118 valence electrons. The molecule has 4 nitrogen and oxygen atoms in total. The lowest BCUT2D eigenvalue weighted by molar-refractivity contribution is 0.111. The van der Waals surface area contributed by atoms with Crippen molar-refractivity contribution in [3.8, 4) is 0 Å². The molecule has 20 heavy (non-hydrogen) atoms. The van der Waals surface area contributed by atoms with Gasteiger partial charge in [-0.05, 0) is 71.2 Å². The highest BCUT2D eigenvalue weighted by Crippen LogP contribution is 2.35. The van der Waals surface area contributed by atoms with Crippen molar-refractivity contribution in [2.45, 2.75) is 57.0 Å². The SMILES string of the molecule is CCN1CCC(N(C)CCC2CCCC2(N)CO)CC1. The van der Waals surface area contributed by atoms with Gasteiger partial charge in [0.15, 0.2) is 0 Å². The number of nitrogens with two attached hydrogens (primary N) is 1. The molecular formula is C16H33N3O. The minimum Gasteiger partial charge on any atom is -0.394 e. The predicted octanol–water partition coefficient (Wildman–Crippen LogP) is 1.28. The molecule has 1 aliphatic heterocycles. The Kier molecular flexibility index (Phi) is 5.84. The van der Waals surface area contributed by atoms with Gasteiger partial charge in [0.25, 0.3) is 0 Å². The molecule has 4 heteroatoms. The molecule has 0 amide bonds. The monoisotopic (exact) mass is 283 g/mol. The number of aliphatic hydroxyl groups excluding tert-OH is 1. The maximum atomic E-state index is 9.52. The summed E-state index contributed by atoms with van der Waals surface area (Å²) in [7, 11) is 2.26. The van der Waals surface area contributed by atoms with Crippen LogP contribution >= 0.6 is 0 Å². The molecule has 0 bridgehead atoms. The van der Waals surface area contributed by atoms with E-state index in [-0.39, 0.29) is 12.1 Å². The van der Waals surface area contributed by atoms with Crippen LogP contribution in [0.25, 0.3) is 0 Å². The second kappa shape index (κ2) is 7.21. The maximum Gasteiger partial charge on any atom is 0.0613 e. The van der Waals surface area contributed by atoms with Crippen LogP contribution in [0.1, 0.15) is 45.4 Å². The second-order valence-electron chi connectivity index (χ2n) is 6.92. The Morgan fingerprint density at radius 2 is 2.00 bits per heavy atom. The predicted molar refractivity (Wildman–Crippen MR) is 83.7 cm³/mol. The lowest BCUT2D eigenvalue weighted by atomic mass is 9.86. The Labute approximate surface area is 124 Å². The van der Waals surface area contributed by atoms with Gasteiger partial charge >= 0.3 is 0 Å². The highest BCUT2D eigenvalue weighted by Gasteiger charge is 2.38. The highest BCUT2D eigenvalue weighted by atomic mass is 16.3. The van der Waals surface area contributed by atoms with Crippen molar-refractivity contribution in [2.75, 3.05) is 39.8 Å². The molecule has 0 spiro atoms. The minimum absolute atomic E-state index is 0.149. The van der Waals surface area contributed by atoms with Crippen LogP contribution in [0.2, 0.25) is 0 Å².